The standard InChI is InChI=1S/Ca.HNO3.7H2O.2H/c;2-1(3)4;;;;;;;;;/h;(H,2,3,4);7*1H2;;/q+2;;;;;;;;;2*-1. The maximum atomic E-state index is 8.36. The van der Waals surface area contributed by atoms with Gasteiger partial charge in [0.15, 0.2) is 0 Å². The van der Waals surface area contributed by atoms with E-state index in [9.17, 15) is 0 Å². The first kappa shape index (κ1) is 151. The number of hydrogen-bond acceptors (Lipinski definition) is 2. The summed E-state index contributed by atoms with van der Waals surface area (Å²) in [6, 6.07) is 0. The zero-order valence-electron chi connectivity index (χ0n) is 7.92. The molecule has 0 heterocycles. The molecule has 0 aromatic carbocycles. The Hall–Kier alpha value is 0.180. The van der Waals surface area contributed by atoms with Gasteiger partial charge in [0.2, 0.25) is 0 Å². The molecule has 0 aromatic rings. The second-order valence-electron chi connectivity index (χ2n) is 0.238. The fraction of sp³-hybridized carbons (Fsp3) is 0. The summed E-state index contributed by atoms with van der Waals surface area (Å²) in [5.74, 6) is 0. The third-order valence-corrected chi connectivity index (χ3v) is 0. The molecule has 0 bridgehead atoms. The van der Waals surface area contributed by atoms with Gasteiger partial charge in [-0.3, -0.25) is 0 Å². The monoisotopic (exact) mass is 231 g/mol. The first-order valence-electron chi connectivity index (χ1n) is 0.565. The first-order valence-corrected chi connectivity index (χ1v) is 0.565. The van der Waals surface area contributed by atoms with Crippen LogP contribution < -0.4 is 0 Å². The van der Waals surface area contributed by atoms with E-state index in [1.807, 2.05) is 0 Å². The molecule has 0 radical (unpaired) electrons. The van der Waals surface area contributed by atoms with Gasteiger partial charge in [0.1, 0.15) is 0 Å². The molecule has 84 valence electrons. The average Bonchev–Trinajstić information content (AvgIpc) is 0.811. The summed E-state index contributed by atoms with van der Waals surface area (Å²) in [5, 5.41) is 13.6. The summed E-state index contributed by atoms with van der Waals surface area (Å²) in [6.07, 6.45) is 0. The molecule has 0 amide bonds. The Morgan fingerprint density at radius 1 is 0.917 bits per heavy atom. The summed E-state index contributed by atoms with van der Waals surface area (Å²) in [4.78, 5) is 8.36. The zero-order chi connectivity index (χ0) is 3.58. The molecule has 12 heteroatoms. The van der Waals surface area contributed by atoms with Crippen LogP contribution in [0.4, 0.5) is 0 Å². The summed E-state index contributed by atoms with van der Waals surface area (Å²) < 4.78 is 0. The summed E-state index contributed by atoms with van der Waals surface area (Å²) in [7, 11) is 0. The van der Waals surface area contributed by atoms with Gasteiger partial charge in [-0.2, -0.15) is 0 Å². The van der Waals surface area contributed by atoms with Crippen LogP contribution in [0.3, 0.4) is 0 Å². The molecule has 0 saturated heterocycles. The fourth-order valence-corrected chi connectivity index (χ4v) is 0. The van der Waals surface area contributed by atoms with Gasteiger partial charge in [-0.05, 0) is 0 Å². The molecule has 0 aliphatic rings. The second-order valence-corrected chi connectivity index (χ2v) is 0.238. The third kappa shape index (κ3) is 26600. The molecular formula is H17CaNO10. The fourth-order valence-electron chi connectivity index (χ4n) is 0. The van der Waals surface area contributed by atoms with E-state index in [2.05, 4.69) is 0 Å². The van der Waals surface area contributed by atoms with E-state index in [4.69, 9.17) is 15.3 Å². The summed E-state index contributed by atoms with van der Waals surface area (Å²) in [5.41, 5.74) is 0. The molecule has 0 aliphatic heterocycles. The largest absolute Gasteiger partial charge is 2.00 e. The van der Waals surface area contributed by atoms with Crippen LogP contribution in [0.2, 0.25) is 0 Å². The molecule has 0 aliphatic carbocycles. The number of hydrogen-bond donors (Lipinski definition) is 1. The van der Waals surface area contributed by atoms with Gasteiger partial charge in [0.25, 0.3) is 5.09 Å². The molecule has 0 aromatic heterocycles. The topological polar surface area (TPSA) is 284 Å². The van der Waals surface area contributed by atoms with E-state index >= 15 is 0 Å². The predicted molar refractivity (Wildman–Crippen MR) is 42.1 cm³/mol. The number of rotatable bonds is 0. The van der Waals surface area contributed by atoms with Crippen LogP contribution in [0.25, 0.3) is 0 Å². The number of nitrogens with zero attached hydrogens (tertiary/aromatic N) is 1. The molecular weight excluding hydrogens is 214 g/mol. The van der Waals surface area contributed by atoms with Crippen molar-refractivity contribution in [2.24, 2.45) is 0 Å². The van der Waals surface area contributed by atoms with Gasteiger partial charge in [0, 0.05) is 0 Å². The van der Waals surface area contributed by atoms with E-state index < -0.39 is 5.09 Å². The molecule has 0 spiro atoms. The Bertz CT molecular complexity index is 41.1. The Labute approximate surface area is 99.2 Å². The zero-order valence-corrected chi connectivity index (χ0v) is 8.13. The summed E-state index contributed by atoms with van der Waals surface area (Å²) >= 11 is 0. The van der Waals surface area contributed by atoms with Crippen LogP contribution >= 0.6 is 0 Å². The quantitative estimate of drug-likeness (QED) is 0.241. The van der Waals surface area contributed by atoms with Crippen LogP contribution in [0.15, 0.2) is 0 Å². The van der Waals surface area contributed by atoms with Gasteiger partial charge in [0.05, 0.1) is 0 Å². The Balaban J connectivity index is -0.000000001000. The normalized spacial score (nSPS) is 2.00. The van der Waals surface area contributed by atoms with Crippen molar-refractivity contribution in [3.63, 3.8) is 0 Å². The Morgan fingerprint density at radius 3 is 0.917 bits per heavy atom. The van der Waals surface area contributed by atoms with Crippen molar-refractivity contribution in [2.75, 3.05) is 0 Å². The van der Waals surface area contributed by atoms with E-state index in [0.717, 1.165) is 0 Å². The van der Waals surface area contributed by atoms with Crippen LogP contribution in [0.5, 0.6) is 0 Å². The minimum absolute atomic E-state index is 0. The van der Waals surface area contributed by atoms with E-state index in [-0.39, 0.29) is 78.9 Å². The molecule has 0 saturated carbocycles. The van der Waals surface area contributed by atoms with E-state index in [0.29, 0.717) is 0 Å². The Morgan fingerprint density at radius 2 is 0.917 bits per heavy atom. The third-order valence-electron chi connectivity index (χ3n) is 0. The average molecular weight is 231 g/mol. The SMILES string of the molecule is O.O.O.O.O.O.O.O=[N+]([O-])O.[Ca+2].[H-].[H-]. The Kier molecular flexibility index (Phi) is 1440. The molecule has 0 atom stereocenters. The van der Waals surface area contributed by atoms with E-state index in [1.165, 1.54) is 0 Å². The van der Waals surface area contributed by atoms with Crippen molar-refractivity contribution in [2.45, 2.75) is 0 Å². The molecule has 0 unspecified atom stereocenters. The van der Waals surface area contributed by atoms with Crippen molar-refractivity contribution in [3.8, 4) is 0 Å². The molecule has 12 heavy (non-hydrogen) atoms. The van der Waals surface area contributed by atoms with Crippen LogP contribution in [-0.2, 0) is 0 Å². The van der Waals surface area contributed by atoms with Crippen LogP contribution in [0, 0.1) is 10.1 Å². The van der Waals surface area contributed by atoms with Crippen molar-refractivity contribution >= 4 is 37.7 Å². The van der Waals surface area contributed by atoms with Crippen molar-refractivity contribution in [3.05, 3.63) is 10.1 Å². The van der Waals surface area contributed by atoms with Gasteiger partial charge >= 0.3 is 37.7 Å². The van der Waals surface area contributed by atoms with Crippen molar-refractivity contribution in [1.29, 1.82) is 0 Å². The van der Waals surface area contributed by atoms with Gasteiger partial charge in [-0.25, -0.2) is 0 Å². The molecule has 11 nitrogen and oxygen atoms in total. The first-order chi connectivity index (χ1) is 1.73. The summed E-state index contributed by atoms with van der Waals surface area (Å²) in [6.45, 7) is 0. The predicted octanol–water partition coefficient (Wildman–Crippen LogP) is -6.28. The van der Waals surface area contributed by atoms with Crippen LogP contribution in [-0.4, -0.2) is 86.4 Å². The van der Waals surface area contributed by atoms with Gasteiger partial charge < -0.3 is 46.4 Å². The maximum Gasteiger partial charge on any atom is 2.00 e. The second kappa shape index (κ2) is 115. The van der Waals surface area contributed by atoms with Gasteiger partial charge in [-0.15, -0.1) is 10.1 Å². The molecule has 15 N–H and O–H groups in total. The van der Waals surface area contributed by atoms with Crippen LogP contribution in [0.1, 0.15) is 2.85 Å². The molecule has 0 rings (SSSR count). The minimum Gasteiger partial charge on any atom is -1.00 e. The maximum absolute atomic E-state index is 8.36. The smallest absolute Gasteiger partial charge is 1.00 e. The minimum atomic E-state index is -1.50. The van der Waals surface area contributed by atoms with Gasteiger partial charge in [-0.1, -0.05) is 0 Å². The molecule has 0 fully saturated rings. The van der Waals surface area contributed by atoms with E-state index in [1.54, 1.807) is 0 Å². The van der Waals surface area contributed by atoms with Crippen molar-refractivity contribution in [1.82, 2.24) is 0 Å². The van der Waals surface area contributed by atoms with Crippen molar-refractivity contribution < 1.29 is 51.5 Å².